The number of Topliss-reactive ketones (excluding diaryl/α,β-unsaturated/α-hetero) is 2. The Morgan fingerprint density at radius 3 is 2.25 bits per heavy atom. The van der Waals surface area contributed by atoms with E-state index in [4.69, 9.17) is 23.2 Å². The number of nitrogens with zero attached hydrogens (tertiary/aromatic N) is 1. The fourth-order valence-corrected chi connectivity index (χ4v) is 2.09. The van der Waals surface area contributed by atoms with Crippen LogP contribution >= 0.6 is 23.2 Å². The largest absolute Gasteiger partial charge is 1.00 e. The van der Waals surface area contributed by atoms with Gasteiger partial charge < -0.3 is 1.43 Å². The number of hydrogen-bond donors (Lipinski definition) is 0. The zero-order valence-electron chi connectivity index (χ0n) is 11.6. The standard InChI is InChI=1S/C12H7Cl2NO4.Na.H/c1-5(16)9-10(17)12(19)15(11(9)18)6-2-3-7(13)8(14)4-6;;/h2-4,9H,1H3;;/q;+1;-1. The Labute approximate surface area is 148 Å². The molecule has 1 heterocycles. The van der Waals surface area contributed by atoms with Crippen LogP contribution in [-0.4, -0.2) is 23.4 Å². The third-order valence-electron chi connectivity index (χ3n) is 2.71. The Bertz CT molecular complexity index is 638. The average molecular weight is 324 g/mol. The van der Waals surface area contributed by atoms with E-state index in [1.807, 2.05) is 0 Å². The van der Waals surface area contributed by atoms with Crippen LogP contribution in [0.5, 0.6) is 0 Å². The molecule has 0 radical (unpaired) electrons. The fourth-order valence-electron chi connectivity index (χ4n) is 1.80. The Morgan fingerprint density at radius 1 is 1.20 bits per heavy atom. The van der Waals surface area contributed by atoms with Gasteiger partial charge in [-0.05, 0) is 25.1 Å². The zero-order valence-corrected chi connectivity index (χ0v) is 14.2. The van der Waals surface area contributed by atoms with E-state index in [9.17, 15) is 19.2 Å². The van der Waals surface area contributed by atoms with Gasteiger partial charge in [0.25, 0.3) is 5.91 Å². The molecule has 0 aliphatic carbocycles. The molecule has 1 unspecified atom stereocenters. The summed E-state index contributed by atoms with van der Waals surface area (Å²) in [5.74, 6) is -5.14. The third-order valence-corrected chi connectivity index (χ3v) is 3.45. The zero-order chi connectivity index (χ0) is 14.3. The van der Waals surface area contributed by atoms with Crippen molar-refractivity contribution in [2.75, 3.05) is 4.90 Å². The number of halogens is 2. The van der Waals surface area contributed by atoms with Gasteiger partial charge in [-0.3, -0.25) is 19.2 Å². The average Bonchev–Trinajstić information content (AvgIpc) is 2.54. The minimum Gasteiger partial charge on any atom is -1.00 e. The number of ketones is 2. The van der Waals surface area contributed by atoms with E-state index >= 15 is 0 Å². The molecule has 20 heavy (non-hydrogen) atoms. The summed E-state index contributed by atoms with van der Waals surface area (Å²) in [6, 6.07) is 4.06. The Balaban J connectivity index is 0.00000200. The summed E-state index contributed by atoms with van der Waals surface area (Å²) in [5, 5.41) is 0.387. The van der Waals surface area contributed by atoms with E-state index in [0.717, 1.165) is 6.92 Å². The number of hydrogen-bond acceptors (Lipinski definition) is 4. The molecule has 0 saturated carbocycles. The molecule has 0 N–H and O–H groups in total. The monoisotopic (exact) mass is 323 g/mol. The van der Waals surface area contributed by atoms with E-state index in [2.05, 4.69) is 0 Å². The number of amides is 2. The molecule has 1 aromatic carbocycles. The van der Waals surface area contributed by atoms with E-state index < -0.39 is 29.3 Å². The molecule has 1 atom stereocenters. The summed E-state index contributed by atoms with van der Waals surface area (Å²) < 4.78 is 0. The topological polar surface area (TPSA) is 71.5 Å². The van der Waals surface area contributed by atoms with Crippen LogP contribution in [0.25, 0.3) is 0 Å². The first-order chi connectivity index (χ1) is 8.84. The van der Waals surface area contributed by atoms with Gasteiger partial charge in [0, 0.05) is 0 Å². The molecule has 0 aromatic heterocycles. The third kappa shape index (κ3) is 2.82. The molecule has 0 spiro atoms. The number of benzene rings is 1. The van der Waals surface area contributed by atoms with Gasteiger partial charge in [0.1, 0.15) is 5.78 Å². The van der Waals surface area contributed by atoms with Gasteiger partial charge in [-0.2, -0.15) is 0 Å². The van der Waals surface area contributed by atoms with Gasteiger partial charge in [0.15, 0.2) is 5.92 Å². The fraction of sp³-hybridized carbons (Fsp3) is 0.167. The minimum atomic E-state index is -1.55. The SMILES string of the molecule is CC(=O)C1C(=O)C(=O)N(c2ccc(Cl)c(Cl)c2)C1=O.[H-].[Na+]. The molecular weight excluding hydrogens is 316 g/mol. The van der Waals surface area contributed by atoms with Crippen molar-refractivity contribution in [3.05, 3.63) is 28.2 Å². The van der Waals surface area contributed by atoms with Crippen LogP contribution < -0.4 is 34.5 Å². The van der Waals surface area contributed by atoms with Gasteiger partial charge in [0.05, 0.1) is 15.7 Å². The second-order valence-corrected chi connectivity index (χ2v) is 4.80. The van der Waals surface area contributed by atoms with Crippen molar-refractivity contribution < 1.29 is 50.2 Å². The summed E-state index contributed by atoms with van der Waals surface area (Å²) in [6.07, 6.45) is 0. The molecule has 0 bridgehead atoms. The Kier molecular flexibility index (Phi) is 5.52. The second-order valence-electron chi connectivity index (χ2n) is 3.99. The van der Waals surface area contributed by atoms with Gasteiger partial charge in [0.2, 0.25) is 5.78 Å². The van der Waals surface area contributed by atoms with Crippen molar-refractivity contribution in [2.45, 2.75) is 6.92 Å². The second kappa shape index (κ2) is 6.37. The van der Waals surface area contributed by atoms with Crippen LogP contribution in [0, 0.1) is 5.92 Å². The predicted molar refractivity (Wildman–Crippen MR) is 69.2 cm³/mol. The molecule has 1 aliphatic heterocycles. The van der Waals surface area contributed by atoms with Crippen LogP contribution in [0.1, 0.15) is 8.35 Å². The maximum atomic E-state index is 12.0. The van der Waals surface area contributed by atoms with Crippen LogP contribution in [-0.2, 0) is 19.2 Å². The van der Waals surface area contributed by atoms with E-state index in [1.54, 1.807) is 0 Å². The first-order valence-electron chi connectivity index (χ1n) is 5.22. The summed E-state index contributed by atoms with van der Waals surface area (Å²) in [4.78, 5) is 47.2. The van der Waals surface area contributed by atoms with Crippen molar-refractivity contribution in [3.8, 4) is 0 Å². The van der Waals surface area contributed by atoms with Crippen molar-refractivity contribution in [2.24, 2.45) is 5.92 Å². The number of rotatable bonds is 2. The maximum absolute atomic E-state index is 12.0. The molecule has 5 nitrogen and oxygen atoms in total. The number of imide groups is 1. The van der Waals surface area contributed by atoms with Crippen LogP contribution in [0.15, 0.2) is 18.2 Å². The molecule has 100 valence electrons. The molecule has 8 heteroatoms. The van der Waals surface area contributed by atoms with Crippen LogP contribution in [0.4, 0.5) is 5.69 Å². The molecular formula is C12H8Cl2NNaO4. The molecule has 1 saturated heterocycles. The molecule has 2 amide bonds. The van der Waals surface area contributed by atoms with Crippen molar-refractivity contribution in [1.82, 2.24) is 0 Å². The summed E-state index contributed by atoms with van der Waals surface area (Å²) in [5.41, 5.74) is 0.113. The van der Waals surface area contributed by atoms with Gasteiger partial charge in [-0.1, -0.05) is 23.2 Å². The first-order valence-corrected chi connectivity index (χ1v) is 5.98. The van der Waals surface area contributed by atoms with Gasteiger partial charge in [-0.25, -0.2) is 4.90 Å². The first kappa shape index (κ1) is 17.3. The molecule has 2 rings (SSSR count). The quantitative estimate of drug-likeness (QED) is 0.295. The minimum absolute atomic E-state index is 0. The van der Waals surface area contributed by atoms with E-state index in [1.165, 1.54) is 18.2 Å². The molecule has 1 fully saturated rings. The molecule has 1 aliphatic rings. The Hall–Kier alpha value is -0.720. The number of carbonyl (C=O) groups excluding carboxylic acids is 4. The Morgan fingerprint density at radius 2 is 1.80 bits per heavy atom. The number of anilines is 1. The van der Waals surface area contributed by atoms with Crippen molar-refractivity contribution in [1.29, 1.82) is 0 Å². The normalized spacial score (nSPS) is 18.2. The number of carbonyl (C=O) groups is 4. The smallest absolute Gasteiger partial charge is 1.00 e. The van der Waals surface area contributed by atoms with E-state index in [0.29, 0.717) is 4.90 Å². The van der Waals surface area contributed by atoms with Gasteiger partial charge >= 0.3 is 35.5 Å². The van der Waals surface area contributed by atoms with Crippen LogP contribution in [0.3, 0.4) is 0 Å². The predicted octanol–water partition coefficient (Wildman–Crippen LogP) is -1.24. The molecule has 1 aromatic rings. The van der Waals surface area contributed by atoms with E-state index in [-0.39, 0.29) is 46.7 Å². The van der Waals surface area contributed by atoms with Crippen LogP contribution in [0.2, 0.25) is 10.0 Å². The summed E-state index contributed by atoms with van der Waals surface area (Å²) in [6.45, 7) is 1.09. The van der Waals surface area contributed by atoms with Gasteiger partial charge in [-0.15, -0.1) is 0 Å². The summed E-state index contributed by atoms with van der Waals surface area (Å²) in [7, 11) is 0. The maximum Gasteiger partial charge on any atom is 1.00 e. The summed E-state index contributed by atoms with van der Waals surface area (Å²) >= 11 is 11.5. The van der Waals surface area contributed by atoms with Crippen molar-refractivity contribution in [3.63, 3.8) is 0 Å². The van der Waals surface area contributed by atoms with Crippen molar-refractivity contribution >= 4 is 52.3 Å².